The average Bonchev–Trinajstić information content (AvgIpc) is 2.85. The van der Waals surface area contributed by atoms with E-state index in [0.717, 1.165) is 24.8 Å². The smallest absolute Gasteiger partial charge is 0.408 e. The molecular formula is C28H37Cl2N3O5. The number of esters is 1. The van der Waals surface area contributed by atoms with Crippen LogP contribution < -0.4 is 16.0 Å². The van der Waals surface area contributed by atoms with Crippen molar-refractivity contribution in [1.29, 1.82) is 0 Å². The van der Waals surface area contributed by atoms with Crippen molar-refractivity contribution in [2.75, 3.05) is 17.2 Å². The first kappa shape index (κ1) is 31.2. The van der Waals surface area contributed by atoms with E-state index in [0.29, 0.717) is 28.0 Å². The van der Waals surface area contributed by atoms with Gasteiger partial charge < -0.3 is 25.4 Å². The van der Waals surface area contributed by atoms with Crippen molar-refractivity contribution >= 4 is 52.5 Å². The van der Waals surface area contributed by atoms with E-state index in [1.807, 2.05) is 30.3 Å². The quantitative estimate of drug-likeness (QED) is 0.179. The van der Waals surface area contributed by atoms with Crippen molar-refractivity contribution in [2.45, 2.75) is 78.0 Å². The van der Waals surface area contributed by atoms with Crippen LogP contribution in [0.3, 0.4) is 0 Å². The fourth-order valence-corrected chi connectivity index (χ4v) is 3.74. The van der Waals surface area contributed by atoms with Gasteiger partial charge in [0, 0.05) is 13.0 Å². The number of hydrogen-bond acceptors (Lipinski definition) is 6. The van der Waals surface area contributed by atoms with Crippen molar-refractivity contribution in [3.05, 3.63) is 58.1 Å². The summed E-state index contributed by atoms with van der Waals surface area (Å²) >= 11 is 12.4. The molecule has 0 bridgehead atoms. The van der Waals surface area contributed by atoms with Crippen LogP contribution in [-0.2, 0) is 25.7 Å². The highest BCUT2D eigenvalue weighted by Crippen LogP contribution is 2.33. The molecule has 0 saturated heterocycles. The Kier molecular flexibility index (Phi) is 12.7. The third-order valence-corrected chi connectivity index (χ3v) is 6.01. The van der Waals surface area contributed by atoms with Crippen LogP contribution in [0.15, 0.2) is 42.5 Å². The van der Waals surface area contributed by atoms with Crippen LogP contribution in [0.25, 0.3) is 0 Å². The van der Waals surface area contributed by atoms with Gasteiger partial charge in [-0.2, -0.15) is 0 Å². The summed E-state index contributed by atoms with van der Waals surface area (Å²) in [7, 11) is 0. The van der Waals surface area contributed by atoms with Gasteiger partial charge in [-0.25, -0.2) is 9.59 Å². The fraction of sp³-hybridized carbons (Fsp3) is 0.464. The Morgan fingerprint density at radius 1 is 0.974 bits per heavy atom. The molecule has 2 amide bonds. The molecule has 2 rings (SSSR count). The molecule has 0 fully saturated rings. The van der Waals surface area contributed by atoms with E-state index in [1.165, 1.54) is 0 Å². The highest BCUT2D eigenvalue weighted by Gasteiger charge is 2.26. The van der Waals surface area contributed by atoms with E-state index in [-0.39, 0.29) is 25.4 Å². The lowest BCUT2D eigenvalue weighted by molar-refractivity contribution is -0.147. The van der Waals surface area contributed by atoms with Gasteiger partial charge in [0.25, 0.3) is 0 Å². The number of hydrogen-bond donors (Lipinski definition) is 3. The van der Waals surface area contributed by atoms with Gasteiger partial charge in [0.15, 0.2) is 0 Å². The lowest BCUT2D eigenvalue weighted by Crippen LogP contribution is -2.44. The molecule has 208 valence electrons. The number of anilines is 2. The molecule has 8 nitrogen and oxygen atoms in total. The topological polar surface area (TPSA) is 106 Å². The van der Waals surface area contributed by atoms with E-state index in [1.54, 1.807) is 32.9 Å². The molecular weight excluding hydrogens is 529 g/mol. The second kappa shape index (κ2) is 15.4. The number of amides is 2. The van der Waals surface area contributed by atoms with Crippen molar-refractivity contribution in [3.8, 4) is 0 Å². The number of carbonyl (C=O) groups excluding carboxylic acids is 3. The summed E-state index contributed by atoms with van der Waals surface area (Å²) in [5, 5.41) is 9.30. The minimum atomic E-state index is -1.08. The van der Waals surface area contributed by atoms with Gasteiger partial charge in [-0.05, 0) is 51.3 Å². The SMILES string of the molecule is CCCCCNc1cc(Cl)c(Cl)cc1NC(=O)CCC(NC(=O)OC(C)(C)C)C(=O)OCc1ccccc1. The Morgan fingerprint density at radius 2 is 1.63 bits per heavy atom. The summed E-state index contributed by atoms with van der Waals surface area (Å²) < 4.78 is 10.7. The Bertz CT molecular complexity index is 1070. The number of ether oxygens (including phenoxy) is 2. The van der Waals surface area contributed by atoms with Gasteiger partial charge in [-0.15, -0.1) is 0 Å². The molecule has 3 N–H and O–H groups in total. The van der Waals surface area contributed by atoms with Gasteiger partial charge in [0.05, 0.1) is 21.4 Å². The summed E-state index contributed by atoms with van der Waals surface area (Å²) in [6.45, 7) is 8.02. The molecule has 0 heterocycles. The number of unbranched alkanes of at least 4 members (excludes halogenated alkanes) is 2. The predicted molar refractivity (Wildman–Crippen MR) is 152 cm³/mol. The van der Waals surface area contributed by atoms with Crippen LogP contribution >= 0.6 is 23.2 Å². The maximum absolute atomic E-state index is 12.8. The molecule has 0 aliphatic carbocycles. The number of alkyl carbamates (subject to hydrolysis) is 1. The Balaban J connectivity index is 2.06. The molecule has 0 aliphatic rings. The molecule has 0 radical (unpaired) electrons. The number of rotatable bonds is 13. The first-order valence-corrected chi connectivity index (χ1v) is 13.5. The highest BCUT2D eigenvalue weighted by atomic mass is 35.5. The van der Waals surface area contributed by atoms with Crippen LogP contribution in [-0.4, -0.2) is 36.2 Å². The predicted octanol–water partition coefficient (Wildman–Crippen LogP) is 6.95. The molecule has 2 aromatic carbocycles. The number of halogens is 2. The molecule has 2 aromatic rings. The van der Waals surface area contributed by atoms with Crippen molar-refractivity contribution < 1.29 is 23.9 Å². The van der Waals surface area contributed by atoms with Gasteiger partial charge in [-0.3, -0.25) is 4.79 Å². The second-order valence-electron chi connectivity index (χ2n) is 9.82. The first-order valence-electron chi connectivity index (χ1n) is 12.7. The van der Waals surface area contributed by atoms with Gasteiger partial charge in [0.1, 0.15) is 18.2 Å². The molecule has 0 aliphatic heterocycles. The monoisotopic (exact) mass is 565 g/mol. The molecule has 1 atom stereocenters. The lowest BCUT2D eigenvalue weighted by Gasteiger charge is -2.23. The molecule has 38 heavy (non-hydrogen) atoms. The van der Waals surface area contributed by atoms with Gasteiger partial charge in [-0.1, -0.05) is 73.3 Å². The maximum Gasteiger partial charge on any atom is 0.408 e. The number of nitrogens with one attached hydrogen (secondary N) is 3. The Labute approximate surface area is 234 Å². The second-order valence-corrected chi connectivity index (χ2v) is 10.6. The van der Waals surface area contributed by atoms with Crippen LogP contribution in [0.1, 0.15) is 65.4 Å². The molecule has 0 spiro atoms. The van der Waals surface area contributed by atoms with Crippen molar-refractivity contribution in [3.63, 3.8) is 0 Å². The maximum atomic E-state index is 12.8. The zero-order valence-corrected chi connectivity index (χ0v) is 23.9. The van der Waals surface area contributed by atoms with Gasteiger partial charge in [0.2, 0.25) is 5.91 Å². The average molecular weight is 567 g/mol. The van der Waals surface area contributed by atoms with Crippen LogP contribution in [0.2, 0.25) is 10.0 Å². The highest BCUT2D eigenvalue weighted by molar-refractivity contribution is 6.42. The molecule has 0 aromatic heterocycles. The van der Waals surface area contributed by atoms with E-state index in [4.69, 9.17) is 32.7 Å². The normalized spacial score (nSPS) is 11.8. The van der Waals surface area contributed by atoms with Gasteiger partial charge >= 0.3 is 12.1 Å². The van der Waals surface area contributed by atoms with Crippen LogP contribution in [0.5, 0.6) is 0 Å². The third-order valence-electron chi connectivity index (χ3n) is 5.29. The third kappa shape index (κ3) is 11.6. The standard InChI is InChI=1S/C28H37Cl2N3O5/c1-5-6-10-15-31-23-16-20(29)21(30)17-24(23)32-25(34)14-13-22(33-27(36)38-28(2,3)4)26(35)37-18-19-11-8-7-9-12-19/h7-9,11-12,16-17,22,31H,5-6,10,13-15,18H2,1-4H3,(H,32,34)(H,33,36). The van der Waals surface area contributed by atoms with E-state index < -0.39 is 23.7 Å². The van der Waals surface area contributed by atoms with E-state index in [2.05, 4.69) is 22.9 Å². The minimum Gasteiger partial charge on any atom is -0.459 e. The Hall–Kier alpha value is -2.97. The Morgan fingerprint density at radius 3 is 2.26 bits per heavy atom. The first-order chi connectivity index (χ1) is 18.0. The summed E-state index contributed by atoms with van der Waals surface area (Å²) in [4.78, 5) is 38.0. The number of carbonyl (C=O) groups is 3. The van der Waals surface area contributed by atoms with Crippen LogP contribution in [0.4, 0.5) is 16.2 Å². The summed E-state index contributed by atoms with van der Waals surface area (Å²) in [6, 6.07) is 11.3. The molecule has 10 heteroatoms. The largest absolute Gasteiger partial charge is 0.459 e. The van der Waals surface area contributed by atoms with Crippen LogP contribution in [0, 0.1) is 0 Å². The van der Waals surface area contributed by atoms with Crippen molar-refractivity contribution in [2.24, 2.45) is 0 Å². The van der Waals surface area contributed by atoms with Crippen molar-refractivity contribution in [1.82, 2.24) is 5.32 Å². The zero-order valence-electron chi connectivity index (χ0n) is 22.4. The molecule has 0 saturated carbocycles. The fourth-order valence-electron chi connectivity index (χ4n) is 3.41. The summed E-state index contributed by atoms with van der Waals surface area (Å²) in [5.41, 5.74) is 1.17. The minimum absolute atomic E-state index is 0.000711. The zero-order chi connectivity index (χ0) is 28.1. The number of benzene rings is 2. The summed E-state index contributed by atoms with van der Waals surface area (Å²) in [6.07, 6.45) is 2.27. The molecule has 1 unspecified atom stereocenters. The van der Waals surface area contributed by atoms with E-state index >= 15 is 0 Å². The van der Waals surface area contributed by atoms with E-state index in [9.17, 15) is 14.4 Å². The summed E-state index contributed by atoms with van der Waals surface area (Å²) in [5.74, 6) is -1.04. The lowest BCUT2D eigenvalue weighted by atomic mass is 10.1.